The van der Waals surface area contributed by atoms with Crippen molar-refractivity contribution in [3.8, 4) is 0 Å². The second-order valence-corrected chi connectivity index (χ2v) is 1.78. The summed E-state index contributed by atoms with van der Waals surface area (Å²) in [5.74, 6) is 0. The molecular formula is H8N2NaO7P. The monoisotopic (exact) mass is 202 g/mol. The molecule has 0 spiro atoms. The zero-order valence-corrected chi connectivity index (χ0v) is 5.51. The van der Waals surface area contributed by atoms with E-state index in [4.69, 9.17) is 34.6 Å². The molecule has 0 aliphatic heterocycles. The van der Waals surface area contributed by atoms with E-state index in [1.165, 1.54) is 0 Å². The minimum absolute atomic E-state index is 0. The van der Waals surface area contributed by atoms with Gasteiger partial charge in [0.15, 0.2) is 0 Å². The standard InChI is InChI=1S/HNO3.H3N.Na.H3O4P.H/c2-1(3)4;;;1-5(2,3)4;/h(H,2,3,4);1H3;;(H3,1,2,3,4);. The first kappa shape index (κ1) is 22.5. The summed E-state index contributed by atoms with van der Waals surface area (Å²) in [6.07, 6.45) is 0. The second kappa shape index (κ2) is 10.3. The molecule has 7 N–H and O–H groups in total. The molecule has 0 unspecified atom stereocenters. The Morgan fingerprint density at radius 2 is 1.27 bits per heavy atom. The molecule has 0 amide bonds. The van der Waals surface area contributed by atoms with Crippen molar-refractivity contribution in [2.45, 2.75) is 0 Å². The summed E-state index contributed by atoms with van der Waals surface area (Å²) in [6.45, 7) is 0. The van der Waals surface area contributed by atoms with Gasteiger partial charge in [-0.25, -0.2) is 4.57 Å². The second-order valence-electron chi connectivity index (χ2n) is 0.751. The molecule has 0 saturated carbocycles. The van der Waals surface area contributed by atoms with E-state index < -0.39 is 12.9 Å². The van der Waals surface area contributed by atoms with Crippen LogP contribution >= 0.6 is 7.82 Å². The number of nitrogens with zero attached hydrogens (tertiary/aromatic N) is 1. The van der Waals surface area contributed by atoms with E-state index >= 15 is 0 Å². The van der Waals surface area contributed by atoms with Gasteiger partial charge in [-0.1, -0.05) is 0 Å². The summed E-state index contributed by atoms with van der Waals surface area (Å²) in [6, 6.07) is 0. The molecule has 0 aromatic rings. The van der Waals surface area contributed by atoms with E-state index in [0.717, 1.165) is 0 Å². The molecule has 0 radical (unpaired) electrons. The van der Waals surface area contributed by atoms with Crippen LogP contribution in [0.2, 0.25) is 0 Å². The van der Waals surface area contributed by atoms with Crippen molar-refractivity contribution in [3.05, 3.63) is 10.1 Å². The molecule has 0 saturated heterocycles. The number of hydrogen-bond donors (Lipinski definition) is 5. The molecule has 0 aromatic carbocycles. The molecule has 0 rings (SSSR count). The van der Waals surface area contributed by atoms with Gasteiger partial charge < -0.3 is 26.0 Å². The first-order valence-electron chi connectivity index (χ1n) is 1.35. The van der Waals surface area contributed by atoms with Crippen molar-refractivity contribution in [1.29, 1.82) is 0 Å². The maximum absolute atomic E-state index is 8.88. The van der Waals surface area contributed by atoms with Gasteiger partial charge in [0.25, 0.3) is 5.09 Å². The zero-order chi connectivity index (χ0) is 8.08. The van der Waals surface area contributed by atoms with Gasteiger partial charge in [-0.2, -0.15) is 0 Å². The van der Waals surface area contributed by atoms with Crippen LogP contribution in [0.4, 0.5) is 0 Å². The normalized spacial score (nSPS) is 7.55. The molecule has 11 heteroatoms. The molecule has 11 heavy (non-hydrogen) atoms. The Hall–Kier alpha value is 0.270. The summed E-state index contributed by atoms with van der Waals surface area (Å²) < 4.78 is 8.88. The van der Waals surface area contributed by atoms with Gasteiger partial charge in [-0.05, 0) is 0 Å². The molecule has 0 aliphatic carbocycles. The number of phosphoric acid groups is 1. The third-order valence-electron chi connectivity index (χ3n) is 0. The zero-order valence-electron chi connectivity index (χ0n) is 4.62. The minimum atomic E-state index is -4.64. The van der Waals surface area contributed by atoms with Crippen molar-refractivity contribution in [1.82, 2.24) is 6.15 Å². The Morgan fingerprint density at radius 3 is 1.27 bits per heavy atom. The Kier molecular flexibility index (Phi) is 21.0. The van der Waals surface area contributed by atoms with Crippen molar-refractivity contribution in [2.75, 3.05) is 0 Å². The average Bonchev–Trinajstić information content (AvgIpc) is 1.19. The van der Waals surface area contributed by atoms with Gasteiger partial charge in [0.05, 0.1) is 0 Å². The van der Waals surface area contributed by atoms with Crippen LogP contribution in [0.5, 0.6) is 0 Å². The van der Waals surface area contributed by atoms with Crippen molar-refractivity contribution < 1.29 is 29.5 Å². The van der Waals surface area contributed by atoms with Crippen molar-refractivity contribution in [2.24, 2.45) is 0 Å². The van der Waals surface area contributed by atoms with Crippen LogP contribution in [0.3, 0.4) is 0 Å². The van der Waals surface area contributed by atoms with Gasteiger partial charge in [0, 0.05) is 0 Å². The molecular weight excluding hydrogens is 194 g/mol. The van der Waals surface area contributed by atoms with Crippen LogP contribution in [0.1, 0.15) is 0 Å². The van der Waals surface area contributed by atoms with Gasteiger partial charge in [-0.15, -0.1) is 10.1 Å². The van der Waals surface area contributed by atoms with Crippen LogP contribution in [-0.4, -0.2) is 54.5 Å². The van der Waals surface area contributed by atoms with Crippen LogP contribution in [0, 0.1) is 10.1 Å². The molecule has 0 atom stereocenters. The molecule has 9 nitrogen and oxygen atoms in total. The Labute approximate surface area is 83.3 Å². The van der Waals surface area contributed by atoms with E-state index in [-0.39, 0.29) is 35.7 Å². The van der Waals surface area contributed by atoms with E-state index in [1.54, 1.807) is 0 Å². The third-order valence-corrected chi connectivity index (χ3v) is 0. The van der Waals surface area contributed by atoms with Crippen LogP contribution in [0.15, 0.2) is 0 Å². The fourth-order valence-electron chi connectivity index (χ4n) is 0. The van der Waals surface area contributed by atoms with E-state index in [1.807, 2.05) is 0 Å². The van der Waals surface area contributed by atoms with E-state index in [0.29, 0.717) is 0 Å². The van der Waals surface area contributed by atoms with Crippen LogP contribution in [-0.2, 0) is 4.57 Å². The van der Waals surface area contributed by atoms with E-state index in [2.05, 4.69) is 0 Å². The van der Waals surface area contributed by atoms with Gasteiger partial charge in [-0.3, -0.25) is 0 Å². The summed E-state index contributed by atoms with van der Waals surface area (Å²) >= 11 is 0. The topological polar surface area (TPSA) is 176 Å². The molecule has 0 aromatic heterocycles. The van der Waals surface area contributed by atoms with Crippen molar-refractivity contribution >= 4 is 37.4 Å². The van der Waals surface area contributed by atoms with Crippen LogP contribution < -0.4 is 6.15 Å². The summed E-state index contributed by atoms with van der Waals surface area (Å²) in [5.41, 5.74) is 0. The van der Waals surface area contributed by atoms with Gasteiger partial charge in [0.1, 0.15) is 0 Å². The van der Waals surface area contributed by atoms with Gasteiger partial charge in [0.2, 0.25) is 0 Å². The first-order chi connectivity index (χ1) is 3.73. The maximum atomic E-state index is 8.88. The fraction of sp³-hybridized carbons (Fsp3) is 0. The molecule has 0 heterocycles. The summed E-state index contributed by atoms with van der Waals surface area (Å²) in [5, 5.41) is 13.6. The molecule has 0 fully saturated rings. The number of hydrogen-bond acceptors (Lipinski definition) is 4. The van der Waals surface area contributed by atoms with Crippen LogP contribution in [0.25, 0.3) is 0 Å². The Balaban J connectivity index is -0.0000000383. The molecule has 0 bridgehead atoms. The summed E-state index contributed by atoms with van der Waals surface area (Å²) in [7, 11) is -4.64. The predicted molar refractivity (Wildman–Crippen MR) is 35.2 cm³/mol. The first-order valence-corrected chi connectivity index (χ1v) is 2.91. The average molecular weight is 202 g/mol. The third kappa shape index (κ3) is 9640. The predicted octanol–water partition coefficient (Wildman–Crippen LogP) is -1.76. The van der Waals surface area contributed by atoms with Gasteiger partial charge >= 0.3 is 37.4 Å². The number of rotatable bonds is 0. The van der Waals surface area contributed by atoms with Crippen molar-refractivity contribution in [3.63, 3.8) is 0 Å². The Morgan fingerprint density at radius 1 is 1.27 bits per heavy atom. The Bertz CT molecular complexity index is 116. The molecule has 66 valence electrons. The SMILES string of the molecule is N.O=P(O)(O)O.O=[N+]([O-])O.[NaH]. The van der Waals surface area contributed by atoms with E-state index in [9.17, 15) is 0 Å². The summed E-state index contributed by atoms with van der Waals surface area (Å²) in [4.78, 5) is 29.9. The fourth-order valence-corrected chi connectivity index (χ4v) is 0. The molecule has 0 aliphatic rings. The quantitative estimate of drug-likeness (QED) is 0.133.